The number of aryl methyl sites for hydroxylation is 2. The van der Waals surface area contributed by atoms with Crippen LogP contribution in [0.3, 0.4) is 0 Å². The molecule has 5 nitrogen and oxygen atoms in total. The molecule has 1 atom stereocenters. The van der Waals surface area contributed by atoms with Gasteiger partial charge in [-0.2, -0.15) is 5.10 Å². The number of benzene rings is 1. The van der Waals surface area contributed by atoms with Gasteiger partial charge in [-0.15, -0.1) is 0 Å². The molecule has 0 radical (unpaired) electrons. The molecule has 0 saturated carbocycles. The van der Waals surface area contributed by atoms with E-state index in [0.717, 1.165) is 29.3 Å². The Labute approximate surface area is 129 Å². The fourth-order valence-corrected chi connectivity index (χ4v) is 3.19. The van der Waals surface area contributed by atoms with Gasteiger partial charge in [0.25, 0.3) is 0 Å². The Kier molecular flexibility index (Phi) is 2.99. The van der Waals surface area contributed by atoms with Crippen LogP contribution in [0, 0.1) is 6.92 Å². The van der Waals surface area contributed by atoms with E-state index in [9.17, 15) is 0 Å². The summed E-state index contributed by atoms with van der Waals surface area (Å²) in [5, 5.41) is 4.47. The number of hydrogen-bond acceptors (Lipinski definition) is 3. The van der Waals surface area contributed by atoms with Crippen molar-refractivity contribution in [3.8, 4) is 17.1 Å². The van der Waals surface area contributed by atoms with Gasteiger partial charge in [-0.1, -0.05) is 30.3 Å². The summed E-state index contributed by atoms with van der Waals surface area (Å²) in [7, 11) is 1.92. The van der Waals surface area contributed by atoms with Crippen molar-refractivity contribution in [1.82, 2.24) is 19.3 Å². The van der Waals surface area contributed by atoms with E-state index in [-0.39, 0.29) is 6.04 Å². The Morgan fingerprint density at radius 3 is 2.91 bits per heavy atom. The van der Waals surface area contributed by atoms with Gasteiger partial charge in [0.05, 0.1) is 35.5 Å². The molecule has 5 heteroatoms. The maximum atomic E-state index is 6.08. The molecule has 0 amide bonds. The maximum Gasteiger partial charge on any atom is 0.221 e. The van der Waals surface area contributed by atoms with Gasteiger partial charge in [0.2, 0.25) is 5.88 Å². The van der Waals surface area contributed by atoms with Crippen LogP contribution >= 0.6 is 0 Å². The van der Waals surface area contributed by atoms with E-state index >= 15 is 0 Å². The standard InChI is InChI=1S/C17H18N4O/c1-12-16-15-9-18-11-21(15)14(8-13-6-4-3-5-7-13)10-22-17(16)20(2)19-12/h3-7,9,11,14H,8,10H2,1-2H3/t14-/m1/s1. The van der Waals surface area contributed by atoms with E-state index in [1.165, 1.54) is 5.56 Å². The third kappa shape index (κ3) is 2.01. The first-order valence-corrected chi connectivity index (χ1v) is 7.46. The van der Waals surface area contributed by atoms with Crippen molar-refractivity contribution in [2.75, 3.05) is 6.61 Å². The lowest BCUT2D eigenvalue weighted by atomic mass is 10.1. The second kappa shape index (κ2) is 5.02. The third-order valence-corrected chi connectivity index (χ3v) is 4.21. The van der Waals surface area contributed by atoms with Crippen LogP contribution in [0.5, 0.6) is 5.88 Å². The molecule has 0 aliphatic carbocycles. The summed E-state index contributed by atoms with van der Waals surface area (Å²) in [6, 6.07) is 10.7. The Morgan fingerprint density at radius 1 is 1.27 bits per heavy atom. The molecule has 2 aromatic heterocycles. The summed E-state index contributed by atoms with van der Waals surface area (Å²) in [5.74, 6) is 0.829. The normalized spacial score (nSPS) is 16.5. The van der Waals surface area contributed by atoms with Crippen molar-refractivity contribution in [1.29, 1.82) is 0 Å². The molecule has 0 saturated heterocycles. The zero-order chi connectivity index (χ0) is 15.1. The molecule has 1 aliphatic rings. The molecule has 0 fully saturated rings. The molecule has 22 heavy (non-hydrogen) atoms. The van der Waals surface area contributed by atoms with Crippen LogP contribution in [-0.4, -0.2) is 25.9 Å². The van der Waals surface area contributed by atoms with Gasteiger partial charge in [0.1, 0.15) is 6.61 Å². The Bertz CT molecular complexity index is 803. The predicted octanol–water partition coefficient (Wildman–Crippen LogP) is 2.77. The van der Waals surface area contributed by atoms with Crippen LogP contribution in [0.2, 0.25) is 0 Å². The first kappa shape index (κ1) is 13.1. The molecular weight excluding hydrogens is 276 g/mol. The van der Waals surface area contributed by atoms with E-state index < -0.39 is 0 Å². The first-order chi connectivity index (χ1) is 10.7. The highest BCUT2D eigenvalue weighted by molar-refractivity contribution is 5.68. The second-order valence-corrected chi connectivity index (χ2v) is 5.73. The van der Waals surface area contributed by atoms with Crippen molar-refractivity contribution in [3.05, 3.63) is 54.1 Å². The zero-order valence-corrected chi connectivity index (χ0v) is 12.7. The number of ether oxygens (including phenoxy) is 1. The van der Waals surface area contributed by atoms with Crippen LogP contribution in [0.25, 0.3) is 11.3 Å². The summed E-state index contributed by atoms with van der Waals surface area (Å²) in [5.41, 5.74) is 4.41. The van der Waals surface area contributed by atoms with Gasteiger partial charge in [-0.3, -0.25) is 0 Å². The summed E-state index contributed by atoms with van der Waals surface area (Å²) in [6.45, 7) is 2.63. The minimum Gasteiger partial charge on any atom is -0.475 e. The molecule has 4 rings (SSSR count). The fourth-order valence-electron chi connectivity index (χ4n) is 3.19. The van der Waals surface area contributed by atoms with Gasteiger partial charge in [-0.05, 0) is 18.9 Å². The largest absolute Gasteiger partial charge is 0.475 e. The highest BCUT2D eigenvalue weighted by atomic mass is 16.5. The van der Waals surface area contributed by atoms with Crippen molar-refractivity contribution >= 4 is 0 Å². The summed E-state index contributed by atoms with van der Waals surface area (Å²) in [6.07, 6.45) is 4.72. The van der Waals surface area contributed by atoms with E-state index in [0.29, 0.717) is 6.61 Å². The molecule has 3 aromatic rings. The number of rotatable bonds is 2. The van der Waals surface area contributed by atoms with Crippen LogP contribution in [-0.2, 0) is 13.5 Å². The SMILES string of the molecule is Cc1nn(C)c2c1-c1cncn1[C@H](Cc1ccccc1)CO2. The molecule has 0 N–H and O–H groups in total. The number of imidazole rings is 1. The van der Waals surface area contributed by atoms with Crippen molar-refractivity contribution < 1.29 is 4.74 Å². The van der Waals surface area contributed by atoms with Crippen LogP contribution in [0.1, 0.15) is 17.3 Å². The maximum absolute atomic E-state index is 6.08. The monoisotopic (exact) mass is 294 g/mol. The predicted molar refractivity (Wildman–Crippen MR) is 83.8 cm³/mol. The van der Waals surface area contributed by atoms with Gasteiger partial charge in [0.15, 0.2) is 0 Å². The van der Waals surface area contributed by atoms with Crippen molar-refractivity contribution in [2.45, 2.75) is 19.4 Å². The minimum absolute atomic E-state index is 0.228. The average Bonchev–Trinajstić information content (AvgIpc) is 3.05. The Hall–Kier alpha value is -2.56. The number of fused-ring (bicyclic) bond motifs is 3. The zero-order valence-electron chi connectivity index (χ0n) is 12.7. The van der Waals surface area contributed by atoms with Gasteiger partial charge < -0.3 is 9.30 Å². The number of nitrogens with zero attached hydrogens (tertiary/aromatic N) is 4. The van der Waals surface area contributed by atoms with E-state index in [2.05, 4.69) is 38.9 Å². The number of hydrogen-bond donors (Lipinski definition) is 0. The molecule has 112 valence electrons. The van der Waals surface area contributed by atoms with Crippen molar-refractivity contribution in [2.24, 2.45) is 7.05 Å². The molecule has 0 bridgehead atoms. The molecule has 0 spiro atoms. The summed E-state index contributed by atoms with van der Waals surface area (Å²) >= 11 is 0. The van der Waals surface area contributed by atoms with E-state index in [1.54, 1.807) is 0 Å². The summed E-state index contributed by atoms with van der Waals surface area (Å²) in [4.78, 5) is 4.36. The third-order valence-electron chi connectivity index (χ3n) is 4.21. The van der Waals surface area contributed by atoms with Gasteiger partial charge in [-0.25, -0.2) is 9.67 Å². The quantitative estimate of drug-likeness (QED) is 0.730. The van der Waals surface area contributed by atoms with Crippen LogP contribution in [0.15, 0.2) is 42.9 Å². The highest BCUT2D eigenvalue weighted by Gasteiger charge is 2.27. The lowest BCUT2D eigenvalue weighted by Crippen LogP contribution is -2.18. The molecule has 1 aliphatic heterocycles. The van der Waals surface area contributed by atoms with Crippen LogP contribution < -0.4 is 4.74 Å². The minimum atomic E-state index is 0.228. The molecule has 0 unspecified atom stereocenters. The van der Waals surface area contributed by atoms with Crippen LogP contribution in [0.4, 0.5) is 0 Å². The number of aromatic nitrogens is 4. The highest BCUT2D eigenvalue weighted by Crippen LogP contribution is 2.37. The van der Waals surface area contributed by atoms with Crippen molar-refractivity contribution in [3.63, 3.8) is 0 Å². The second-order valence-electron chi connectivity index (χ2n) is 5.73. The molecule has 1 aromatic carbocycles. The Morgan fingerprint density at radius 2 is 2.09 bits per heavy atom. The van der Waals surface area contributed by atoms with Gasteiger partial charge >= 0.3 is 0 Å². The van der Waals surface area contributed by atoms with E-state index in [1.807, 2.05) is 37.2 Å². The average molecular weight is 294 g/mol. The fraction of sp³-hybridized carbons (Fsp3) is 0.294. The lowest BCUT2D eigenvalue weighted by Gasteiger charge is -2.18. The molecule has 3 heterocycles. The first-order valence-electron chi connectivity index (χ1n) is 7.46. The smallest absolute Gasteiger partial charge is 0.221 e. The lowest BCUT2D eigenvalue weighted by molar-refractivity contribution is 0.239. The molecular formula is C17H18N4O. The van der Waals surface area contributed by atoms with Gasteiger partial charge in [0, 0.05) is 7.05 Å². The topological polar surface area (TPSA) is 44.9 Å². The summed E-state index contributed by atoms with van der Waals surface area (Å²) < 4.78 is 10.1. The van der Waals surface area contributed by atoms with E-state index in [4.69, 9.17) is 4.74 Å². The Balaban J connectivity index is 1.77.